The van der Waals surface area contributed by atoms with Gasteiger partial charge >= 0.3 is 5.97 Å². The van der Waals surface area contributed by atoms with E-state index in [-0.39, 0.29) is 23.0 Å². The largest absolute Gasteiger partial charge is 1.00 e. The summed E-state index contributed by atoms with van der Waals surface area (Å²) in [5.74, 6) is 0.234. The zero-order valence-corrected chi connectivity index (χ0v) is 12.7. The van der Waals surface area contributed by atoms with Crippen LogP contribution in [-0.2, 0) is 9.53 Å². The molecule has 0 spiro atoms. The van der Waals surface area contributed by atoms with Crippen LogP contribution in [0.3, 0.4) is 0 Å². The van der Waals surface area contributed by atoms with Crippen LogP contribution < -0.4 is 17.0 Å². The van der Waals surface area contributed by atoms with E-state index < -0.39 is 0 Å². The number of carbonyl (C=O) groups is 1. The van der Waals surface area contributed by atoms with Crippen LogP contribution in [0.15, 0.2) is 30.3 Å². The van der Waals surface area contributed by atoms with Crippen molar-refractivity contribution in [3.63, 3.8) is 0 Å². The number of halogens is 1. The molecular formula is C13H16BrNO2S. The lowest BCUT2D eigenvalue weighted by Crippen LogP contribution is -3.00. The Balaban J connectivity index is 0.00000162. The van der Waals surface area contributed by atoms with Gasteiger partial charge in [-0.25, -0.2) is 0 Å². The summed E-state index contributed by atoms with van der Waals surface area (Å²) in [5.41, 5.74) is 1.21. The second-order valence-electron chi connectivity index (χ2n) is 3.85. The molecule has 5 heteroatoms. The molecule has 1 aromatic rings. The minimum Gasteiger partial charge on any atom is -1.00 e. The van der Waals surface area contributed by atoms with Crippen molar-refractivity contribution in [2.45, 2.75) is 12.8 Å². The number of nitrogens with zero attached hydrogens (tertiary/aromatic N) is 1. The summed E-state index contributed by atoms with van der Waals surface area (Å²) < 4.78 is 6.94. The van der Waals surface area contributed by atoms with Gasteiger partial charge in [0.1, 0.15) is 12.3 Å². The molecule has 0 atom stereocenters. The fraction of sp³-hybridized carbons (Fsp3) is 0.385. The van der Waals surface area contributed by atoms with Gasteiger partial charge in [0.2, 0.25) is 10.7 Å². The summed E-state index contributed by atoms with van der Waals surface area (Å²) in [5, 5.41) is 1.27. The van der Waals surface area contributed by atoms with E-state index in [9.17, 15) is 4.79 Å². The zero-order chi connectivity index (χ0) is 12.1. The monoisotopic (exact) mass is 329 g/mol. The summed E-state index contributed by atoms with van der Waals surface area (Å²) in [4.78, 5) is 11.1. The molecule has 0 N–H and O–H groups in total. The van der Waals surface area contributed by atoms with E-state index in [0.717, 1.165) is 19.4 Å². The van der Waals surface area contributed by atoms with Gasteiger partial charge in [0.05, 0.1) is 7.11 Å². The first-order valence-corrected chi connectivity index (χ1v) is 6.68. The van der Waals surface area contributed by atoms with Crippen LogP contribution in [0.4, 0.5) is 5.69 Å². The maximum Gasteiger partial charge on any atom is 0.316 e. The van der Waals surface area contributed by atoms with Crippen LogP contribution in [0.1, 0.15) is 12.8 Å². The van der Waals surface area contributed by atoms with Crippen molar-refractivity contribution in [3.8, 4) is 0 Å². The van der Waals surface area contributed by atoms with Crippen LogP contribution >= 0.6 is 11.8 Å². The molecule has 0 amide bonds. The van der Waals surface area contributed by atoms with Gasteiger partial charge in [-0.05, 0) is 0 Å². The minimum atomic E-state index is -0.164. The van der Waals surface area contributed by atoms with Crippen molar-refractivity contribution < 1.29 is 31.1 Å². The number of carbonyl (C=O) groups excluding carboxylic acids is 1. The number of benzene rings is 1. The average molecular weight is 330 g/mol. The van der Waals surface area contributed by atoms with Gasteiger partial charge in [0, 0.05) is 25.0 Å². The fourth-order valence-electron chi connectivity index (χ4n) is 1.88. The molecule has 1 aliphatic heterocycles. The van der Waals surface area contributed by atoms with Crippen molar-refractivity contribution >= 4 is 28.5 Å². The Labute approximate surface area is 122 Å². The predicted molar refractivity (Wildman–Crippen MR) is 69.9 cm³/mol. The van der Waals surface area contributed by atoms with Gasteiger partial charge in [0.25, 0.3) is 0 Å². The Bertz CT molecular complexity index is 434. The van der Waals surface area contributed by atoms with Gasteiger partial charge in [-0.3, -0.25) is 4.79 Å². The van der Waals surface area contributed by atoms with Gasteiger partial charge in [-0.1, -0.05) is 30.0 Å². The summed E-state index contributed by atoms with van der Waals surface area (Å²) in [6.45, 7) is 1.04. The van der Waals surface area contributed by atoms with E-state index >= 15 is 0 Å². The topological polar surface area (TPSA) is 29.3 Å². The van der Waals surface area contributed by atoms with E-state index in [1.54, 1.807) is 11.8 Å². The van der Waals surface area contributed by atoms with Gasteiger partial charge in [-0.2, -0.15) is 4.58 Å². The van der Waals surface area contributed by atoms with Crippen LogP contribution in [0.25, 0.3) is 0 Å². The van der Waals surface area contributed by atoms with Gasteiger partial charge in [0.15, 0.2) is 0 Å². The number of methoxy groups -OCH3 is 1. The molecule has 1 heterocycles. The fourth-order valence-corrected chi connectivity index (χ4v) is 2.92. The first kappa shape index (κ1) is 15.2. The summed E-state index contributed by atoms with van der Waals surface area (Å²) in [6.07, 6.45) is 2.20. The number of rotatable bonds is 3. The molecule has 0 bridgehead atoms. The first-order valence-electron chi connectivity index (χ1n) is 5.69. The summed E-state index contributed by atoms with van der Waals surface area (Å²) in [7, 11) is 1.43. The number of hydrogen-bond acceptors (Lipinski definition) is 3. The Hall–Kier alpha value is -0.810. The Morgan fingerprint density at radius 2 is 2.11 bits per heavy atom. The minimum absolute atomic E-state index is 0. The SMILES string of the molecule is COC(=O)CSC1=[N+](c2ccccc2)CCC1.[Br-]. The third kappa shape index (κ3) is 3.85. The Morgan fingerprint density at radius 1 is 1.39 bits per heavy atom. The molecule has 18 heavy (non-hydrogen) atoms. The molecule has 0 fully saturated rings. The second kappa shape index (κ2) is 7.59. The van der Waals surface area contributed by atoms with E-state index in [4.69, 9.17) is 0 Å². The van der Waals surface area contributed by atoms with Crippen molar-refractivity contribution in [2.75, 3.05) is 19.4 Å². The molecule has 98 valence electrons. The third-order valence-corrected chi connectivity index (χ3v) is 3.86. The molecule has 0 saturated carbocycles. The maximum atomic E-state index is 11.1. The second-order valence-corrected chi connectivity index (χ2v) is 4.90. The lowest BCUT2D eigenvalue weighted by molar-refractivity contribution is -0.428. The lowest BCUT2D eigenvalue weighted by atomic mass is 10.3. The zero-order valence-electron chi connectivity index (χ0n) is 10.3. The van der Waals surface area contributed by atoms with E-state index in [0.29, 0.717) is 5.75 Å². The predicted octanol–water partition coefficient (Wildman–Crippen LogP) is -0.567. The maximum absolute atomic E-state index is 11.1. The molecule has 2 rings (SSSR count). The normalized spacial score (nSPS) is 14.3. The Morgan fingerprint density at radius 3 is 2.78 bits per heavy atom. The first-order chi connectivity index (χ1) is 8.31. The lowest BCUT2D eigenvalue weighted by Gasteiger charge is -2.01. The number of para-hydroxylation sites is 1. The smallest absolute Gasteiger partial charge is 0.316 e. The highest BCUT2D eigenvalue weighted by molar-refractivity contribution is 8.14. The standard InChI is InChI=1S/C13H16NO2S.BrH/c1-16-13(15)10-17-12-8-5-9-14(12)11-6-3-2-4-7-11;/h2-4,6-7H,5,8-10H2,1H3;1H/q+1;/p-1. The van der Waals surface area contributed by atoms with Crippen LogP contribution in [0.5, 0.6) is 0 Å². The molecule has 3 nitrogen and oxygen atoms in total. The van der Waals surface area contributed by atoms with Crippen molar-refractivity contribution in [1.82, 2.24) is 0 Å². The highest BCUT2D eigenvalue weighted by Crippen LogP contribution is 2.23. The number of esters is 1. The summed E-state index contributed by atoms with van der Waals surface area (Å²) >= 11 is 1.59. The number of hydrogen-bond donors (Lipinski definition) is 0. The molecule has 0 aliphatic carbocycles. The number of thioether (sulfide) groups is 1. The van der Waals surface area contributed by atoms with Crippen molar-refractivity contribution in [2.24, 2.45) is 0 Å². The van der Waals surface area contributed by atoms with Crippen molar-refractivity contribution in [1.29, 1.82) is 0 Å². The van der Waals surface area contributed by atoms with E-state index in [1.165, 1.54) is 17.8 Å². The molecule has 1 aliphatic rings. The van der Waals surface area contributed by atoms with Crippen LogP contribution in [0.2, 0.25) is 0 Å². The van der Waals surface area contributed by atoms with Gasteiger partial charge in [-0.15, -0.1) is 0 Å². The molecule has 0 radical (unpaired) electrons. The third-order valence-electron chi connectivity index (χ3n) is 2.73. The quantitative estimate of drug-likeness (QED) is 0.549. The Kier molecular flexibility index (Phi) is 6.43. The molecular weight excluding hydrogens is 314 g/mol. The van der Waals surface area contributed by atoms with Crippen LogP contribution in [-0.4, -0.2) is 35.0 Å². The highest BCUT2D eigenvalue weighted by Gasteiger charge is 2.25. The molecule has 1 aromatic carbocycles. The molecule has 0 aromatic heterocycles. The molecule has 0 unspecified atom stereocenters. The van der Waals surface area contributed by atoms with E-state index in [1.807, 2.05) is 18.2 Å². The summed E-state index contributed by atoms with van der Waals surface area (Å²) in [6, 6.07) is 10.3. The molecule has 0 saturated heterocycles. The number of ether oxygens (including phenoxy) is 1. The van der Waals surface area contributed by atoms with Gasteiger partial charge < -0.3 is 21.7 Å². The average Bonchev–Trinajstić information content (AvgIpc) is 2.85. The van der Waals surface area contributed by atoms with E-state index in [2.05, 4.69) is 21.4 Å². The van der Waals surface area contributed by atoms with Crippen LogP contribution in [0, 0.1) is 0 Å². The van der Waals surface area contributed by atoms with Crippen molar-refractivity contribution in [3.05, 3.63) is 30.3 Å². The highest BCUT2D eigenvalue weighted by atomic mass is 79.9.